The molecule has 3 rings (SSSR count). The third kappa shape index (κ3) is 3.39. The maximum atomic E-state index is 12.3. The molecule has 0 aliphatic heterocycles. The average Bonchev–Trinajstić information content (AvgIpc) is 3.25. The second-order valence-electron chi connectivity index (χ2n) is 5.01. The van der Waals surface area contributed by atoms with Crippen molar-refractivity contribution in [2.24, 2.45) is 0 Å². The van der Waals surface area contributed by atoms with Crippen molar-refractivity contribution in [2.75, 3.05) is 6.54 Å². The maximum absolute atomic E-state index is 12.3. The molecule has 3 aromatic rings. The van der Waals surface area contributed by atoms with E-state index >= 15 is 0 Å². The van der Waals surface area contributed by atoms with E-state index in [1.807, 2.05) is 23.6 Å². The Morgan fingerprint density at radius 2 is 2.13 bits per heavy atom. The number of hydrogen-bond acceptors (Lipinski definition) is 4. The lowest BCUT2D eigenvalue weighted by atomic mass is 9.98. The SMILES string of the molecule is O=C(NCC(O)(c1ccco1)c1cccs1)c1cccc(Br)c1. The van der Waals surface area contributed by atoms with Crippen molar-refractivity contribution < 1.29 is 14.3 Å². The number of rotatable bonds is 5. The zero-order chi connectivity index (χ0) is 16.3. The van der Waals surface area contributed by atoms with Crippen LogP contribution in [0.15, 0.2) is 69.1 Å². The number of carbonyl (C=O) groups excluding carboxylic acids is 1. The van der Waals surface area contributed by atoms with Gasteiger partial charge in [0.1, 0.15) is 5.76 Å². The van der Waals surface area contributed by atoms with Gasteiger partial charge in [0.25, 0.3) is 5.91 Å². The molecule has 23 heavy (non-hydrogen) atoms. The fraction of sp³-hybridized carbons (Fsp3) is 0.118. The van der Waals surface area contributed by atoms with Gasteiger partial charge in [0, 0.05) is 14.9 Å². The number of furan rings is 1. The van der Waals surface area contributed by atoms with Gasteiger partial charge in [-0.3, -0.25) is 4.79 Å². The fourth-order valence-corrected chi connectivity index (χ4v) is 3.49. The van der Waals surface area contributed by atoms with E-state index in [2.05, 4.69) is 21.2 Å². The summed E-state index contributed by atoms with van der Waals surface area (Å²) in [7, 11) is 0. The number of carbonyl (C=O) groups is 1. The number of hydrogen-bond donors (Lipinski definition) is 2. The molecular formula is C17H14BrNO3S. The minimum atomic E-state index is -1.39. The first-order valence-electron chi connectivity index (χ1n) is 6.94. The van der Waals surface area contributed by atoms with Gasteiger partial charge in [-0.15, -0.1) is 11.3 Å². The summed E-state index contributed by atoms with van der Waals surface area (Å²) in [6.07, 6.45) is 1.50. The smallest absolute Gasteiger partial charge is 0.251 e. The van der Waals surface area contributed by atoms with Gasteiger partial charge in [0.15, 0.2) is 5.60 Å². The minimum Gasteiger partial charge on any atom is -0.466 e. The number of halogens is 1. The molecule has 1 amide bonds. The summed E-state index contributed by atoms with van der Waals surface area (Å²) in [5.41, 5.74) is -0.869. The van der Waals surface area contributed by atoms with Crippen LogP contribution in [0.2, 0.25) is 0 Å². The van der Waals surface area contributed by atoms with Crippen LogP contribution in [0, 0.1) is 0 Å². The molecule has 4 nitrogen and oxygen atoms in total. The molecule has 1 aromatic carbocycles. The quantitative estimate of drug-likeness (QED) is 0.695. The van der Waals surface area contributed by atoms with E-state index in [0.29, 0.717) is 16.2 Å². The normalized spacial score (nSPS) is 13.5. The molecule has 1 unspecified atom stereocenters. The summed E-state index contributed by atoms with van der Waals surface area (Å²) in [5.74, 6) is 0.141. The third-order valence-electron chi connectivity index (χ3n) is 3.45. The van der Waals surface area contributed by atoms with E-state index < -0.39 is 5.60 Å². The zero-order valence-electron chi connectivity index (χ0n) is 12.0. The van der Waals surface area contributed by atoms with E-state index in [0.717, 1.165) is 4.47 Å². The first-order valence-corrected chi connectivity index (χ1v) is 8.61. The van der Waals surface area contributed by atoms with Gasteiger partial charge in [-0.2, -0.15) is 0 Å². The van der Waals surface area contributed by atoms with Crippen LogP contribution in [0.1, 0.15) is 21.0 Å². The van der Waals surface area contributed by atoms with Crippen LogP contribution in [-0.2, 0) is 5.60 Å². The number of amides is 1. The highest BCUT2D eigenvalue weighted by molar-refractivity contribution is 9.10. The fourth-order valence-electron chi connectivity index (χ4n) is 2.26. The van der Waals surface area contributed by atoms with E-state index in [4.69, 9.17) is 4.42 Å². The highest BCUT2D eigenvalue weighted by atomic mass is 79.9. The highest BCUT2D eigenvalue weighted by Crippen LogP contribution is 2.32. The van der Waals surface area contributed by atoms with E-state index in [1.165, 1.54) is 17.6 Å². The van der Waals surface area contributed by atoms with Crippen LogP contribution in [0.25, 0.3) is 0 Å². The first kappa shape index (κ1) is 16.0. The molecule has 6 heteroatoms. The number of thiophene rings is 1. The molecule has 0 aliphatic rings. The summed E-state index contributed by atoms with van der Waals surface area (Å²) in [6, 6.07) is 14.2. The van der Waals surface area contributed by atoms with E-state index in [1.54, 1.807) is 30.3 Å². The maximum Gasteiger partial charge on any atom is 0.251 e. The zero-order valence-corrected chi connectivity index (χ0v) is 14.4. The Balaban J connectivity index is 1.82. The molecule has 0 bridgehead atoms. The molecule has 0 aliphatic carbocycles. The summed E-state index contributed by atoms with van der Waals surface area (Å²) >= 11 is 4.75. The van der Waals surface area contributed by atoms with Crippen molar-refractivity contribution in [2.45, 2.75) is 5.60 Å². The number of benzene rings is 1. The van der Waals surface area contributed by atoms with Gasteiger partial charge in [-0.25, -0.2) is 0 Å². The second-order valence-corrected chi connectivity index (χ2v) is 6.87. The predicted octanol–water partition coefficient (Wildman–Crippen LogP) is 3.77. The molecule has 0 radical (unpaired) electrons. The molecule has 0 fully saturated rings. The van der Waals surface area contributed by atoms with Crippen LogP contribution in [0.4, 0.5) is 0 Å². The van der Waals surface area contributed by atoms with Gasteiger partial charge >= 0.3 is 0 Å². The Kier molecular flexibility index (Phi) is 4.66. The Hall–Kier alpha value is -1.89. The summed E-state index contributed by atoms with van der Waals surface area (Å²) < 4.78 is 6.20. The highest BCUT2D eigenvalue weighted by Gasteiger charge is 2.36. The summed E-state index contributed by atoms with van der Waals surface area (Å²) in [6.45, 7) is 0.0202. The standard InChI is InChI=1S/C17H14BrNO3S/c18-13-5-1-4-12(10-13)16(20)19-11-17(21,14-6-2-8-22-14)15-7-3-9-23-15/h1-10,21H,11H2,(H,19,20). The lowest BCUT2D eigenvalue weighted by molar-refractivity contribution is 0.0554. The Labute approximate surface area is 145 Å². The topological polar surface area (TPSA) is 62.5 Å². The van der Waals surface area contributed by atoms with Crippen LogP contribution >= 0.6 is 27.3 Å². The molecule has 118 valence electrons. The lowest BCUT2D eigenvalue weighted by Crippen LogP contribution is -2.41. The molecule has 1 atom stereocenters. The van der Waals surface area contributed by atoms with E-state index in [9.17, 15) is 9.90 Å². The Morgan fingerprint density at radius 3 is 2.78 bits per heavy atom. The van der Waals surface area contributed by atoms with Crippen LogP contribution in [0.5, 0.6) is 0 Å². The number of aliphatic hydroxyl groups is 1. The molecule has 0 spiro atoms. The van der Waals surface area contributed by atoms with E-state index in [-0.39, 0.29) is 12.5 Å². The Bertz CT molecular complexity index is 750. The van der Waals surface area contributed by atoms with Crippen molar-refractivity contribution in [3.05, 3.63) is 80.8 Å². The molecule has 0 saturated carbocycles. The summed E-state index contributed by atoms with van der Waals surface area (Å²) in [4.78, 5) is 13.0. The third-order valence-corrected chi connectivity index (χ3v) is 4.96. The van der Waals surface area contributed by atoms with Gasteiger partial charge in [0.2, 0.25) is 0 Å². The summed E-state index contributed by atoms with van der Waals surface area (Å²) in [5, 5.41) is 15.7. The number of nitrogens with one attached hydrogen (secondary N) is 1. The van der Waals surface area contributed by atoms with Crippen molar-refractivity contribution in [1.82, 2.24) is 5.32 Å². The Morgan fingerprint density at radius 1 is 1.26 bits per heavy atom. The average molecular weight is 392 g/mol. The van der Waals surface area contributed by atoms with Gasteiger partial charge in [-0.1, -0.05) is 28.1 Å². The van der Waals surface area contributed by atoms with Crippen LogP contribution in [0.3, 0.4) is 0 Å². The van der Waals surface area contributed by atoms with Crippen LogP contribution in [-0.4, -0.2) is 17.6 Å². The first-order chi connectivity index (χ1) is 11.1. The molecule has 0 saturated heterocycles. The second kappa shape index (κ2) is 6.70. The van der Waals surface area contributed by atoms with Gasteiger partial charge in [0.05, 0.1) is 12.8 Å². The molecule has 2 N–H and O–H groups in total. The minimum absolute atomic E-state index is 0.0202. The van der Waals surface area contributed by atoms with Gasteiger partial charge in [-0.05, 0) is 41.8 Å². The lowest BCUT2D eigenvalue weighted by Gasteiger charge is -2.25. The molecule has 2 heterocycles. The van der Waals surface area contributed by atoms with Crippen molar-refractivity contribution in [3.63, 3.8) is 0 Å². The van der Waals surface area contributed by atoms with Crippen molar-refractivity contribution in [3.8, 4) is 0 Å². The van der Waals surface area contributed by atoms with Crippen molar-refractivity contribution >= 4 is 33.2 Å². The molecular weight excluding hydrogens is 378 g/mol. The molecule has 2 aromatic heterocycles. The van der Waals surface area contributed by atoms with Crippen molar-refractivity contribution in [1.29, 1.82) is 0 Å². The largest absolute Gasteiger partial charge is 0.466 e. The predicted molar refractivity (Wildman–Crippen MR) is 92.5 cm³/mol. The van der Waals surface area contributed by atoms with Crippen LogP contribution < -0.4 is 5.32 Å². The van der Waals surface area contributed by atoms with Gasteiger partial charge < -0.3 is 14.8 Å². The monoisotopic (exact) mass is 391 g/mol.